The average molecular weight is 534 g/mol. The van der Waals surface area contributed by atoms with E-state index in [1.165, 1.54) is 22.8 Å². The number of anilines is 1. The van der Waals surface area contributed by atoms with Gasteiger partial charge >= 0.3 is 5.69 Å². The number of pyridine rings is 2. The minimum atomic E-state index is -2.72. The van der Waals surface area contributed by atoms with Gasteiger partial charge < -0.3 is 4.90 Å². The number of aryl methyl sites for hydroxylation is 1. The van der Waals surface area contributed by atoms with E-state index in [1.807, 2.05) is 24.8 Å². The predicted octanol–water partition coefficient (Wildman–Crippen LogP) is 4.36. The molecule has 11 heteroatoms. The van der Waals surface area contributed by atoms with Crippen LogP contribution in [0.15, 0.2) is 59.4 Å². The summed E-state index contributed by atoms with van der Waals surface area (Å²) in [6, 6.07) is 14.9. The van der Waals surface area contributed by atoms with Gasteiger partial charge in [-0.1, -0.05) is 18.2 Å². The summed E-state index contributed by atoms with van der Waals surface area (Å²) >= 11 is 0. The van der Waals surface area contributed by atoms with Crippen LogP contribution >= 0.6 is 0 Å². The second-order valence-corrected chi connectivity index (χ2v) is 9.74. The molecule has 1 aliphatic heterocycles. The molecule has 0 radical (unpaired) electrons. The number of fused-ring (bicyclic) bond motifs is 1. The van der Waals surface area contributed by atoms with Gasteiger partial charge in [0.1, 0.15) is 28.8 Å². The SMILES string of the molecule is C[C@@H]1CN(c2nc(=O)n(C)c3ccc(C#N)nc23)[C@@H](C)CN1C(c1ccc(F)cc1)c1cccc(C(F)F)n1. The number of aromatic nitrogens is 4. The first kappa shape index (κ1) is 26.3. The molecule has 3 atom stereocenters. The maximum absolute atomic E-state index is 13.8. The molecule has 4 aromatic rings. The third-order valence-electron chi connectivity index (χ3n) is 7.17. The Hall–Kier alpha value is -4.30. The average Bonchev–Trinajstić information content (AvgIpc) is 2.93. The van der Waals surface area contributed by atoms with Gasteiger partial charge in [0.2, 0.25) is 0 Å². The fourth-order valence-corrected chi connectivity index (χ4v) is 5.20. The Kier molecular flexibility index (Phi) is 7.06. The van der Waals surface area contributed by atoms with Crippen molar-refractivity contribution in [2.45, 2.75) is 38.4 Å². The number of piperazine rings is 1. The smallest absolute Gasteiger partial charge is 0.349 e. The number of nitrogens with zero attached hydrogens (tertiary/aromatic N) is 7. The van der Waals surface area contributed by atoms with Gasteiger partial charge in [0.25, 0.3) is 6.43 Å². The molecule has 3 aromatic heterocycles. The lowest BCUT2D eigenvalue weighted by Gasteiger charge is -2.47. The highest BCUT2D eigenvalue weighted by atomic mass is 19.3. The molecule has 8 nitrogen and oxygen atoms in total. The van der Waals surface area contributed by atoms with Crippen LogP contribution < -0.4 is 10.6 Å². The summed E-state index contributed by atoms with van der Waals surface area (Å²) in [4.78, 5) is 29.9. The molecule has 1 saturated heterocycles. The van der Waals surface area contributed by atoms with Gasteiger partial charge in [0, 0.05) is 32.2 Å². The monoisotopic (exact) mass is 533 g/mol. The lowest BCUT2D eigenvalue weighted by Crippen LogP contribution is -2.58. The molecule has 0 spiro atoms. The van der Waals surface area contributed by atoms with Gasteiger partial charge in [-0.05, 0) is 55.8 Å². The first-order chi connectivity index (χ1) is 18.7. The van der Waals surface area contributed by atoms with E-state index in [2.05, 4.69) is 19.9 Å². The van der Waals surface area contributed by atoms with Gasteiger partial charge in [-0.2, -0.15) is 10.2 Å². The van der Waals surface area contributed by atoms with Crippen LogP contribution in [0, 0.1) is 17.1 Å². The third-order valence-corrected chi connectivity index (χ3v) is 7.17. The van der Waals surface area contributed by atoms with Gasteiger partial charge in [-0.25, -0.2) is 27.9 Å². The maximum Gasteiger partial charge on any atom is 0.349 e. The number of alkyl halides is 2. The second kappa shape index (κ2) is 10.5. The highest BCUT2D eigenvalue weighted by molar-refractivity contribution is 5.86. The summed E-state index contributed by atoms with van der Waals surface area (Å²) in [6.45, 7) is 4.85. The number of benzene rings is 1. The van der Waals surface area contributed by atoms with Crippen LogP contribution in [0.4, 0.5) is 19.0 Å². The molecule has 1 fully saturated rings. The topological polar surface area (TPSA) is 90.9 Å². The van der Waals surface area contributed by atoms with Crippen molar-refractivity contribution in [3.63, 3.8) is 0 Å². The number of hydrogen-bond acceptors (Lipinski definition) is 7. The summed E-state index contributed by atoms with van der Waals surface area (Å²) in [5, 5.41) is 9.40. The summed E-state index contributed by atoms with van der Waals surface area (Å²) in [7, 11) is 1.60. The largest absolute Gasteiger partial charge is 0.349 e. The first-order valence-electron chi connectivity index (χ1n) is 12.5. The zero-order valence-electron chi connectivity index (χ0n) is 21.6. The highest BCUT2D eigenvalue weighted by Gasteiger charge is 2.37. The molecule has 200 valence electrons. The molecule has 0 bridgehead atoms. The summed E-state index contributed by atoms with van der Waals surface area (Å²) in [5.74, 6) is -0.00812. The van der Waals surface area contributed by atoms with Crippen molar-refractivity contribution in [1.82, 2.24) is 24.4 Å². The zero-order valence-corrected chi connectivity index (χ0v) is 21.6. The van der Waals surface area contributed by atoms with Gasteiger partial charge in [0.05, 0.1) is 17.3 Å². The lowest BCUT2D eigenvalue weighted by molar-refractivity contribution is 0.124. The Morgan fingerprint density at radius 2 is 1.67 bits per heavy atom. The van der Waals surface area contributed by atoms with Crippen molar-refractivity contribution < 1.29 is 13.2 Å². The molecule has 39 heavy (non-hydrogen) atoms. The Morgan fingerprint density at radius 3 is 2.36 bits per heavy atom. The van der Waals surface area contributed by atoms with Crippen molar-refractivity contribution in [3.05, 3.63) is 93.5 Å². The zero-order chi connectivity index (χ0) is 27.8. The minimum absolute atomic E-state index is 0.159. The van der Waals surface area contributed by atoms with E-state index in [9.17, 15) is 23.2 Å². The van der Waals surface area contributed by atoms with E-state index < -0.39 is 24.0 Å². The standard InChI is InChI=1S/C28H26F3N7O/c1-16-15-38(27-24-23(36(3)28(39)35-27)12-11-20(13-32)33-24)17(2)14-37(16)25(18-7-9-19(29)10-8-18)21-5-4-6-22(34-21)26(30)31/h4-12,16-17,25-26H,14-15H2,1-3H3/t16-,17+,25?/m1/s1. The Bertz CT molecular complexity index is 1620. The van der Waals surface area contributed by atoms with Crippen LogP contribution in [0.3, 0.4) is 0 Å². The van der Waals surface area contributed by atoms with Crippen LogP contribution in [0.1, 0.15) is 49.0 Å². The van der Waals surface area contributed by atoms with Crippen molar-refractivity contribution in [2.24, 2.45) is 7.05 Å². The molecule has 1 aliphatic rings. The predicted molar refractivity (Wildman–Crippen MR) is 140 cm³/mol. The fraction of sp³-hybridized carbons (Fsp3) is 0.321. The maximum atomic E-state index is 13.8. The molecule has 0 N–H and O–H groups in total. The summed E-state index contributed by atoms with van der Waals surface area (Å²) < 4.78 is 42.3. The van der Waals surface area contributed by atoms with Crippen LogP contribution in [-0.4, -0.2) is 49.6 Å². The van der Waals surface area contributed by atoms with Crippen LogP contribution in [0.5, 0.6) is 0 Å². The quantitative estimate of drug-likeness (QED) is 0.377. The molecule has 1 aromatic carbocycles. The molecule has 4 heterocycles. The Labute approximate surface area is 223 Å². The van der Waals surface area contributed by atoms with Crippen molar-refractivity contribution in [2.75, 3.05) is 18.0 Å². The van der Waals surface area contributed by atoms with Crippen molar-refractivity contribution >= 4 is 16.9 Å². The number of rotatable bonds is 5. The normalized spacial score (nSPS) is 18.9. The van der Waals surface area contributed by atoms with Crippen LogP contribution in [0.25, 0.3) is 11.0 Å². The molecular weight excluding hydrogens is 507 g/mol. The number of halogens is 3. The van der Waals surface area contributed by atoms with E-state index in [-0.39, 0.29) is 23.5 Å². The van der Waals surface area contributed by atoms with E-state index in [0.29, 0.717) is 35.6 Å². The molecule has 0 saturated carbocycles. The van der Waals surface area contributed by atoms with Crippen LogP contribution in [0.2, 0.25) is 0 Å². The highest BCUT2D eigenvalue weighted by Crippen LogP contribution is 2.35. The molecule has 0 aliphatic carbocycles. The molecular formula is C28H26F3N7O. The summed E-state index contributed by atoms with van der Waals surface area (Å²) in [5.41, 5.74) is 1.61. The number of hydrogen-bond donors (Lipinski definition) is 0. The Morgan fingerprint density at radius 1 is 0.949 bits per heavy atom. The van der Waals surface area contributed by atoms with E-state index >= 15 is 0 Å². The fourth-order valence-electron chi connectivity index (χ4n) is 5.20. The lowest BCUT2D eigenvalue weighted by atomic mass is 9.96. The molecule has 0 amide bonds. The van der Waals surface area contributed by atoms with Crippen molar-refractivity contribution in [3.8, 4) is 6.07 Å². The molecule has 1 unspecified atom stereocenters. The van der Waals surface area contributed by atoms with E-state index in [1.54, 1.807) is 43.4 Å². The van der Waals surface area contributed by atoms with Gasteiger partial charge in [-0.3, -0.25) is 9.47 Å². The summed E-state index contributed by atoms with van der Waals surface area (Å²) in [6.07, 6.45) is -2.72. The first-order valence-corrected chi connectivity index (χ1v) is 12.5. The van der Waals surface area contributed by atoms with E-state index in [0.717, 1.165) is 5.56 Å². The molecule has 5 rings (SSSR count). The van der Waals surface area contributed by atoms with Gasteiger partial charge in [0.15, 0.2) is 5.82 Å². The van der Waals surface area contributed by atoms with Crippen molar-refractivity contribution in [1.29, 1.82) is 5.26 Å². The second-order valence-electron chi connectivity index (χ2n) is 9.74. The van der Waals surface area contributed by atoms with E-state index in [4.69, 9.17) is 0 Å². The number of nitriles is 1. The van der Waals surface area contributed by atoms with Crippen LogP contribution in [-0.2, 0) is 7.05 Å². The minimum Gasteiger partial charge on any atom is -0.349 e. The third kappa shape index (κ3) is 4.95. The Balaban J connectivity index is 1.56. The van der Waals surface area contributed by atoms with Gasteiger partial charge in [-0.15, -0.1) is 0 Å².